The van der Waals surface area contributed by atoms with E-state index in [-0.39, 0.29) is 0 Å². The molecular formula is C12H24N2O3. The first-order valence-corrected chi connectivity index (χ1v) is 6.29. The predicted molar refractivity (Wildman–Crippen MR) is 67.7 cm³/mol. The van der Waals surface area contributed by atoms with Crippen molar-refractivity contribution in [1.29, 1.82) is 0 Å². The number of nitro groups is 1. The molecule has 1 rings (SSSR count). The summed E-state index contributed by atoms with van der Waals surface area (Å²) in [5, 5.41) is 13.0. The van der Waals surface area contributed by atoms with Gasteiger partial charge in [0.1, 0.15) is 0 Å². The monoisotopic (exact) mass is 244 g/mol. The van der Waals surface area contributed by atoms with Gasteiger partial charge in [0.25, 0.3) is 6.54 Å². The maximum atomic E-state index is 9.81. The first-order chi connectivity index (χ1) is 7.91. The van der Waals surface area contributed by atoms with Gasteiger partial charge in [-0.2, -0.15) is 0 Å². The van der Waals surface area contributed by atoms with Gasteiger partial charge in [-0.25, -0.2) is 0 Å². The Hall–Kier alpha value is -0.970. The molecule has 0 aromatic carbocycles. The third-order valence-corrected chi connectivity index (χ3v) is 2.53. The summed E-state index contributed by atoms with van der Waals surface area (Å²) in [6, 6.07) is 1.50. The molecule has 1 aliphatic carbocycles. The fourth-order valence-electron chi connectivity index (χ4n) is 1.92. The molecule has 1 N–H and O–H groups in total. The van der Waals surface area contributed by atoms with E-state index in [0.717, 1.165) is 6.04 Å². The Labute approximate surface area is 103 Å². The largest absolute Gasteiger partial charge is 0.312 e. The number of ketones is 1. The second-order valence-electron chi connectivity index (χ2n) is 4.85. The topological polar surface area (TPSA) is 72.2 Å². The zero-order chi connectivity index (χ0) is 13.3. The maximum absolute atomic E-state index is 9.81. The number of nitrogens with one attached hydrogen (secondary N) is 1. The normalized spacial score (nSPS) is 16.2. The SMILES string of the molecule is CC(=O)C[N+](=O)[O-].CC(C)NC1CCCCC1. The van der Waals surface area contributed by atoms with Crippen molar-refractivity contribution in [1.82, 2.24) is 5.32 Å². The molecule has 100 valence electrons. The number of carbonyl (C=O) groups excluding carboxylic acids is 1. The molecule has 5 heteroatoms. The van der Waals surface area contributed by atoms with E-state index in [4.69, 9.17) is 0 Å². The summed E-state index contributed by atoms with van der Waals surface area (Å²) in [4.78, 5) is 18.6. The molecule has 1 saturated carbocycles. The van der Waals surface area contributed by atoms with E-state index in [9.17, 15) is 14.9 Å². The fraction of sp³-hybridized carbons (Fsp3) is 0.917. The predicted octanol–water partition coefficient (Wildman–Crippen LogP) is 2.17. The molecule has 5 nitrogen and oxygen atoms in total. The number of nitrogens with zero attached hydrogens (tertiary/aromatic N) is 1. The van der Waals surface area contributed by atoms with Gasteiger partial charge >= 0.3 is 0 Å². The standard InChI is InChI=1S/C9H19N.C3H5NO3/c1-8(2)10-9-6-4-3-5-7-9;1-3(5)2-4(6)7/h8-10H,3-7H2,1-2H3;2H2,1H3. The fourth-order valence-corrected chi connectivity index (χ4v) is 1.92. The summed E-state index contributed by atoms with van der Waals surface area (Å²) in [5.41, 5.74) is 0. The lowest BCUT2D eigenvalue weighted by molar-refractivity contribution is -0.467. The third-order valence-electron chi connectivity index (χ3n) is 2.53. The minimum Gasteiger partial charge on any atom is -0.312 e. The van der Waals surface area contributed by atoms with E-state index in [1.165, 1.54) is 39.0 Å². The number of carbonyl (C=O) groups is 1. The summed E-state index contributed by atoms with van der Waals surface area (Å²) in [7, 11) is 0. The Bertz CT molecular complexity index is 224. The highest BCUT2D eigenvalue weighted by molar-refractivity contribution is 5.76. The third kappa shape index (κ3) is 11.3. The molecule has 0 amide bonds. The highest BCUT2D eigenvalue weighted by atomic mass is 16.6. The minimum absolute atomic E-state index is 0.412. The quantitative estimate of drug-likeness (QED) is 0.607. The second-order valence-corrected chi connectivity index (χ2v) is 4.85. The van der Waals surface area contributed by atoms with Gasteiger partial charge in [-0.15, -0.1) is 0 Å². The Balaban J connectivity index is 0.000000325. The zero-order valence-corrected chi connectivity index (χ0v) is 11.1. The van der Waals surface area contributed by atoms with Gasteiger partial charge in [-0.3, -0.25) is 14.9 Å². The molecule has 0 saturated heterocycles. The number of hydrogen-bond donors (Lipinski definition) is 1. The lowest BCUT2D eigenvalue weighted by atomic mass is 9.95. The van der Waals surface area contributed by atoms with Gasteiger partial charge in [0.2, 0.25) is 0 Å². The van der Waals surface area contributed by atoms with Crippen molar-refractivity contribution in [2.24, 2.45) is 0 Å². The van der Waals surface area contributed by atoms with Crippen LogP contribution in [0.25, 0.3) is 0 Å². The van der Waals surface area contributed by atoms with Crippen molar-refractivity contribution >= 4 is 5.78 Å². The van der Waals surface area contributed by atoms with E-state index < -0.39 is 17.3 Å². The average molecular weight is 244 g/mol. The number of rotatable bonds is 4. The maximum Gasteiger partial charge on any atom is 0.260 e. The Morgan fingerprint density at radius 2 is 1.88 bits per heavy atom. The molecule has 0 spiro atoms. The van der Waals surface area contributed by atoms with Crippen LogP contribution in [0.15, 0.2) is 0 Å². The van der Waals surface area contributed by atoms with Crippen molar-refractivity contribution in [3.8, 4) is 0 Å². The van der Waals surface area contributed by atoms with E-state index in [1.807, 2.05) is 0 Å². The summed E-state index contributed by atoms with van der Waals surface area (Å²) in [6.45, 7) is 5.09. The molecule has 0 aliphatic heterocycles. The van der Waals surface area contributed by atoms with Crippen molar-refractivity contribution in [3.63, 3.8) is 0 Å². The molecule has 17 heavy (non-hydrogen) atoms. The molecule has 1 fully saturated rings. The number of hydrogen-bond acceptors (Lipinski definition) is 4. The van der Waals surface area contributed by atoms with Crippen LogP contribution in [0.5, 0.6) is 0 Å². The van der Waals surface area contributed by atoms with Gasteiger partial charge in [-0.1, -0.05) is 33.1 Å². The summed E-state index contributed by atoms with van der Waals surface area (Å²) in [6.07, 6.45) is 7.13. The molecule has 1 aliphatic rings. The van der Waals surface area contributed by atoms with Gasteiger partial charge in [0, 0.05) is 23.9 Å². The average Bonchev–Trinajstić information content (AvgIpc) is 2.16. The van der Waals surface area contributed by atoms with Crippen molar-refractivity contribution in [3.05, 3.63) is 10.1 Å². The molecule has 0 aromatic heterocycles. The summed E-state index contributed by atoms with van der Waals surface area (Å²) < 4.78 is 0. The van der Waals surface area contributed by atoms with Gasteiger partial charge in [0.15, 0.2) is 5.78 Å². The van der Waals surface area contributed by atoms with Gasteiger partial charge in [-0.05, 0) is 12.8 Å². The van der Waals surface area contributed by atoms with Gasteiger partial charge < -0.3 is 5.32 Å². The number of Topliss-reactive ketones (excluding diaryl/α,β-unsaturated/α-hetero) is 1. The van der Waals surface area contributed by atoms with Crippen LogP contribution in [0.3, 0.4) is 0 Å². The molecule has 0 heterocycles. The Morgan fingerprint density at radius 1 is 1.35 bits per heavy atom. The van der Waals surface area contributed by atoms with Crippen LogP contribution < -0.4 is 5.32 Å². The van der Waals surface area contributed by atoms with Crippen LogP contribution in [0.1, 0.15) is 52.9 Å². The van der Waals surface area contributed by atoms with E-state index in [1.54, 1.807) is 0 Å². The van der Waals surface area contributed by atoms with Crippen molar-refractivity contribution < 1.29 is 9.72 Å². The van der Waals surface area contributed by atoms with Crippen LogP contribution in [0.2, 0.25) is 0 Å². The lowest BCUT2D eigenvalue weighted by Gasteiger charge is -2.24. The van der Waals surface area contributed by atoms with Crippen LogP contribution >= 0.6 is 0 Å². The molecule has 0 bridgehead atoms. The van der Waals surface area contributed by atoms with Crippen LogP contribution in [0, 0.1) is 10.1 Å². The smallest absolute Gasteiger partial charge is 0.260 e. The van der Waals surface area contributed by atoms with E-state index in [0.29, 0.717) is 6.04 Å². The molecule has 0 aromatic rings. The van der Waals surface area contributed by atoms with E-state index >= 15 is 0 Å². The first-order valence-electron chi connectivity index (χ1n) is 6.29. The summed E-state index contributed by atoms with van der Waals surface area (Å²) >= 11 is 0. The lowest BCUT2D eigenvalue weighted by Crippen LogP contribution is -2.35. The molecule has 0 atom stereocenters. The Kier molecular flexibility index (Phi) is 8.58. The van der Waals surface area contributed by atoms with E-state index in [2.05, 4.69) is 19.2 Å². The highest BCUT2D eigenvalue weighted by Gasteiger charge is 2.12. The van der Waals surface area contributed by atoms with Crippen LogP contribution in [-0.4, -0.2) is 29.3 Å². The second kappa shape index (κ2) is 9.10. The van der Waals surface area contributed by atoms with Gasteiger partial charge in [0.05, 0.1) is 0 Å². The van der Waals surface area contributed by atoms with Crippen molar-refractivity contribution in [2.45, 2.75) is 65.0 Å². The minimum atomic E-state index is -0.650. The molecular weight excluding hydrogens is 220 g/mol. The van der Waals surface area contributed by atoms with Crippen molar-refractivity contribution in [2.75, 3.05) is 6.54 Å². The molecule has 0 radical (unpaired) electrons. The van der Waals surface area contributed by atoms with Crippen LogP contribution in [0.4, 0.5) is 0 Å². The van der Waals surface area contributed by atoms with Crippen LogP contribution in [-0.2, 0) is 4.79 Å². The summed E-state index contributed by atoms with van der Waals surface area (Å²) in [5.74, 6) is -0.412. The zero-order valence-electron chi connectivity index (χ0n) is 11.1. The Morgan fingerprint density at radius 3 is 2.18 bits per heavy atom. The first kappa shape index (κ1) is 16.0. The highest BCUT2D eigenvalue weighted by Crippen LogP contribution is 2.17. The molecule has 0 unspecified atom stereocenters.